The van der Waals surface area contributed by atoms with Crippen molar-refractivity contribution in [3.8, 4) is 33.4 Å². The summed E-state index contributed by atoms with van der Waals surface area (Å²) in [7, 11) is 0. The molecule has 0 N–H and O–H groups in total. The van der Waals surface area contributed by atoms with Crippen molar-refractivity contribution < 1.29 is 0 Å². The number of hydrogen-bond acceptors (Lipinski definition) is 1. The highest BCUT2D eigenvalue weighted by atomic mass is 15.1. The SMILES string of the molecule is c1ccc(-c2ccccc2N(c2ccc3c4ccccc4c4ccccc4c3c2)c2cccc3c2-c2ccccc2C32c3ccccc3-c3ccccc32)cc1. The molecule has 0 aromatic heterocycles. The molecule has 1 heteroatoms. The first-order valence-corrected chi connectivity index (χ1v) is 19.5. The Morgan fingerprint density at radius 1 is 0.286 bits per heavy atom. The zero-order valence-electron chi connectivity index (χ0n) is 30.7. The van der Waals surface area contributed by atoms with Crippen LogP contribution < -0.4 is 4.90 Å². The van der Waals surface area contributed by atoms with Crippen LogP contribution in [0.4, 0.5) is 17.1 Å². The quantitative estimate of drug-likeness (QED) is 0.164. The minimum absolute atomic E-state index is 0.432. The van der Waals surface area contributed by atoms with Gasteiger partial charge in [-0.05, 0) is 101 Å². The lowest BCUT2D eigenvalue weighted by atomic mass is 9.70. The van der Waals surface area contributed by atoms with Gasteiger partial charge in [0.2, 0.25) is 0 Å². The second-order valence-electron chi connectivity index (χ2n) is 15.1. The zero-order chi connectivity index (χ0) is 36.8. The summed E-state index contributed by atoms with van der Waals surface area (Å²) < 4.78 is 0. The molecule has 0 fully saturated rings. The van der Waals surface area contributed by atoms with E-state index in [0.717, 1.165) is 11.4 Å². The van der Waals surface area contributed by atoms with Crippen LogP contribution in [0.3, 0.4) is 0 Å². The van der Waals surface area contributed by atoms with E-state index in [4.69, 9.17) is 0 Å². The number of anilines is 3. The van der Waals surface area contributed by atoms with Crippen molar-refractivity contribution in [3.63, 3.8) is 0 Å². The summed E-state index contributed by atoms with van der Waals surface area (Å²) in [5.41, 5.74) is 15.9. The lowest BCUT2D eigenvalue weighted by Gasteiger charge is -2.32. The maximum Gasteiger partial charge on any atom is 0.0726 e. The Kier molecular flexibility index (Phi) is 6.62. The van der Waals surface area contributed by atoms with Crippen molar-refractivity contribution in [2.24, 2.45) is 0 Å². The van der Waals surface area contributed by atoms with E-state index in [1.54, 1.807) is 0 Å². The van der Waals surface area contributed by atoms with E-state index in [0.29, 0.717) is 0 Å². The zero-order valence-corrected chi connectivity index (χ0v) is 30.7. The van der Waals surface area contributed by atoms with Crippen molar-refractivity contribution in [1.82, 2.24) is 0 Å². The molecular formula is C55H35N. The first-order chi connectivity index (χ1) is 27.8. The maximum absolute atomic E-state index is 2.53. The number of para-hydroxylation sites is 1. The van der Waals surface area contributed by atoms with E-state index < -0.39 is 5.41 Å². The molecule has 12 rings (SSSR count). The molecule has 1 nitrogen and oxygen atoms in total. The Morgan fingerprint density at radius 2 is 0.732 bits per heavy atom. The summed E-state index contributed by atoms with van der Waals surface area (Å²) in [6.07, 6.45) is 0. The summed E-state index contributed by atoms with van der Waals surface area (Å²) in [6.45, 7) is 0. The molecule has 260 valence electrons. The summed E-state index contributed by atoms with van der Waals surface area (Å²) in [5.74, 6) is 0. The van der Waals surface area contributed by atoms with E-state index in [-0.39, 0.29) is 0 Å². The highest BCUT2D eigenvalue weighted by molar-refractivity contribution is 6.26. The number of nitrogens with zero attached hydrogens (tertiary/aromatic N) is 1. The molecule has 1 spiro atoms. The minimum atomic E-state index is -0.432. The van der Waals surface area contributed by atoms with E-state index in [1.165, 1.54) is 93.6 Å². The predicted molar refractivity (Wildman–Crippen MR) is 235 cm³/mol. The molecule has 0 aliphatic heterocycles. The molecule has 0 bridgehead atoms. The van der Waals surface area contributed by atoms with Crippen LogP contribution in [0.5, 0.6) is 0 Å². The average molecular weight is 710 g/mol. The van der Waals surface area contributed by atoms with Crippen molar-refractivity contribution >= 4 is 49.4 Å². The van der Waals surface area contributed by atoms with Crippen LogP contribution in [0.1, 0.15) is 22.3 Å². The molecule has 10 aromatic carbocycles. The van der Waals surface area contributed by atoms with Crippen LogP contribution in [-0.4, -0.2) is 0 Å². The van der Waals surface area contributed by atoms with Crippen LogP contribution in [-0.2, 0) is 5.41 Å². The van der Waals surface area contributed by atoms with Crippen molar-refractivity contribution in [2.75, 3.05) is 4.90 Å². The van der Waals surface area contributed by atoms with E-state index in [1.807, 2.05) is 0 Å². The largest absolute Gasteiger partial charge is 0.309 e. The Bertz CT molecular complexity index is 3130. The van der Waals surface area contributed by atoms with Gasteiger partial charge in [0.1, 0.15) is 0 Å². The number of rotatable bonds is 4. The van der Waals surface area contributed by atoms with Gasteiger partial charge in [0, 0.05) is 16.8 Å². The fourth-order valence-corrected chi connectivity index (χ4v) is 10.3. The highest BCUT2D eigenvalue weighted by Gasteiger charge is 2.52. The monoisotopic (exact) mass is 709 g/mol. The van der Waals surface area contributed by atoms with Gasteiger partial charge in [0.25, 0.3) is 0 Å². The Morgan fingerprint density at radius 3 is 1.38 bits per heavy atom. The van der Waals surface area contributed by atoms with Crippen molar-refractivity contribution in [3.05, 3.63) is 235 Å². The second-order valence-corrected chi connectivity index (χ2v) is 15.1. The van der Waals surface area contributed by atoms with E-state index in [2.05, 4.69) is 217 Å². The third-order valence-electron chi connectivity index (χ3n) is 12.5. The maximum atomic E-state index is 2.53. The van der Waals surface area contributed by atoms with Gasteiger partial charge in [-0.1, -0.05) is 188 Å². The van der Waals surface area contributed by atoms with Crippen LogP contribution >= 0.6 is 0 Å². The average Bonchev–Trinajstić information content (AvgIpc) is 3.75. The second kappa shape index (κ2) is 11.9. The summed E-state index contributed by atoms with van der Waals surface area (Å²) in [4.78, 5) is 2.53. The molecule has 0 radical (unpaired) electrons. The van der Waals surface area contributed by atoms with E-state index >= 15 is 0 Å². The third kappa shape index (κ3) is 4.15. The van der Waals surface area contributed by atoms with Crippen LogP contribution in [0.2, 0.25) is 0 Å². The number of fused-ring (bicyclic) bond motifs is 16. The molecule has 2 aliphatic rings. The van der Waals surface area contributed by atoms with Gasteiger partial charge >= 0.3 is 0 Å². The van der Waals surface area contributed by atoms with Crippen molar-refractivity contribution in [1.29, 1.82) is 0 Å². The lowest BCUT2D eigenvalue weighted by molar-refractivity contribution is 0.794. The Balaban J connectivity index is 1.20. The Labute approximate surface area is 326 Å². The van der Waals surface area contributed by atoms with Gasteiger partial charge in [-0.2, -0.15) is 0 Å². The smallest absolute Gasteiger partial charge is 0.0726 e. The van der Waals surface area contributed by atoms with Gasteiger partial charge in [-0.3, -0.25) is 0 Å². The fraction of sp³-hybridized carbons (Fsp3) is 0.0182. The third-order valence-corrected chi connectivity index (χ3v) is 12.5. The standard InChI is InChI=1S/C55H35N/c1-2-17-36(18-3-1)38-19-11-15-31-52(38)56(37-33-34-43-41-22-5-4-20-39(41)40-21-6-7-23-42(40)47(43)35-37)53-32-16-30-51-54(53)46-26-10-14-29-50(46)55(51)48-27-12-8-24-44(48)45-25-9-13-28-49(45)55/h1-35H. The lowest BCUT2D eigenvalue weighted by Crippen LogP contribution is -2.26. The van der Waals surface area contributed by atoms with Crippen molar-refractivity contribution in [2.45, 2.75) is 5.41 Å². The summed E-state index contributed by atoms with van der Waals surface area (Å²) >= 11 is 0. The number of benzene rings is 10. The topological polar surface area (TPSA) is 3.24 Å². The van der Waals surface area contributed by atoms with Gasteiger partial charge in [0.15, 0.2) is 0 Å². The predicted octanol–water partition coefficient (Wildman–Crippen LogP) is 14.6. The highest BCUT2D eigenvalue weighted by Crippen LogP contribution is 2.64. The molecule has 10 aromatic rings. The minimum Gasteiger partial charge on any atom is -0.309 e. The number of hydrogen-bond donors (Lipinski definition) is 0. The molecular weight excluding hydrogens is 675 g/mol. The molecule has 0 unspecified atom stereocenters. The van der Waals surface area contributed by atoms with E-state index in [9.17, 15) is 0 Å². The van der Waals surface area contributed by atoms with Crippen LogP contribution in [0, 0.1) is 0 Å². The van der Waals surface area contributed by atoms with Gasteiger partial charge in [0.05, 0.1) is 16.8 Å². The first-order valence-electron chi connectivity index (χ1n) is 19.5. The van der Waals surface area contributed by atoms with Gasteiger partial charge in [-0.25, -0.2) is 0 Å². The summed E-state index contributed by atoms with van der Waals surface area (Å²) in [5, 5.41) is 7.62. The molecule has 56 heavy (non-hydrogen) atoms. The van der Waals surface area contributed by atoms with Crippen LogP contribution in [0.25, 0.3) is 65.7 Å². The Hall–Kier alpha value is -7.22. The molecule has 0 amide bonds. The molecule has 2 aliphatic carbocycles. The summed E-state index contributed by atoms with van der Waals surface area (Å²) in [6, 6.07) is 78.8. The van der Waals surface area contributed by atoms with Gasteiger partial charge in [-0.15, -0.1) is 0 Å². The molecule has 0 saturated carbocycles. The first kappa shape index (κ1) is 31.2. The van der Waals surface area contributed by atoms with Gasteiger partial charge < -0.3 is 4.90 Å². The normalized spacial score (nSPS) is 13.1. The molecule has 0 saturated heterocycles. The van der Waals surface area contributed by atoms with Crippen LogP contribution in [0.15, 0.2) is 212 Å². The molecule has 0 atom stereocenters. The fourth-order valence-electron chi connectivity index (χ4n) is 10.3. The molecule has 0 heterocycles.